The zero-order chi connectivity index (χ0) is 16.1. The number of H-pyrrole nitrogens is 1. The monoisotopic (exact) mass is 308 g/mol. The maximum Gasteiger partial charge on any atom is 0.267 e. The largest absolute Gasteiger partial charge is 0.396 e. The summed E-state index contributed by atoms with van der Waals surface area (Å²) in [7, 11) is 0. The quantitative estimate of drug-likeness (QED) is 0.655. The van der Waals surface area contributed by atoms with Gasteiger partial charge in [-0.1, -0.05) is 48.5 Å². The fourth-order valence-electron chi connectivity index (χ4n) is 2.77. The normalized spacial score (nSPS) is 12.2. The van der Waals surface area contributed by atoms with Gasteiger partial charge in [0, 0.05) is 30.0 Å². The molecular formula is C19H20N2O2. The predicted octanol–water partition coefficient (Wildman–Crippen LogP) is 3.06. The number of hydrogen-bond acceptors (Lipinski definition) is 2. The van der Waals surface area contributed by atoms with E-state index in [2.05, 4.69) is 10.3 Å². The summed E-state index contributed by atoms with van der Waals surface area (Å²) in [6.45, 7) is 0.598. The van der Waals surface area contributed by atoms with Gasteiger partial charge in [-0.2, -0.15) is 0 Å². The molecule has 0 aliphatic rings. The van der Waals surface area contributed by atoms with E-state index in [1.807, 2.05) is 60.7 Å². The first-order valence-corrected chi connectivity index (χ1v) is 7.79. The van der Waals surface area contributed by atoms with Crippen LogP contribution in [0.5, 0.6) is 0 Å². The Labute approximate surface area is 135 Å². The van der Waals surface area contributed by atoms with Crippen LogP contribution in [-0.4, -0.2) is 29.1 Å². The fourth-order valence-corrected chi connectivity index (χ4v) is 2.77. The molecule has 0 fully saturated rings. The molecule has 1 amide bonds. The molecule has 0 saturated heterocycles. The molecule has 3 rings (SSSR count). The minimum absolute atomic E-state index is 0.0990. The highest BCUT2D eigenvalue weighted by molar-refractivity contribution is 5.97. The Kier molecular flexibility index (Phi) is 4.74. The molecule has 0 radical (unpaired) electrons. The molecule has 0 aliphatic heterocycles. The molecule has 1 aromatic heterocycles. The zero-order valence-electron chi connectivity index (χ0n) is 12.8. The summed E-state index contributed by atoms with van der Waals surface area (Å²) in [4.78, 5) is 15.5. The molecule has 3 aromatic rings. The van der Waals surface area contributed by atoms with E-state index in [1.54, 1.807) is 0 Å². The summed E-state index contributed by atoms with van der Waals surface area (Å²) in [5, 5.41) is 13.2. The van der Waals surface area contributed by atoms with E-state index >= 15 is 0 Å². The Bertz CT molecular complexity index is 747. The average Bonchev–Trinajstić information content (AvgIpc) is 3.03. The lowest BCUT2D eigenvalue weighted by atomic mass is 9.96. The van der Waals surface area contributed by atoms with Crippen molar-refractivity contribution in [3.05, 3.63) is 71.9 Å². The minimum Gasteiger partial charge on any atom is -0.396 e. The number of rotatable bonds is 6. The number of aliphatic hydroxyl groups is 1. The summed E-state index contributed by atoms with van der Waals surface area (Å²) in [5.41, 5.74) is 2.63. The molecular weight excluding hydrogens is 288 g/mol. The van der Waals surface area contributed by atoms with Gasteiger partial charge in [-0.25, -0.2) is 0 Å². The number of carbonyl (C=O) groups excluding carboxylic acids is 1. The topological polar surface area (TPSA) is 65.1 Å². The summed E-state index contributed by atoms with van der Waals surface area (Å²) >= 11 is 0. The molecule has 1 atom stereocenters. The first kappa shape index (κ1) is 15.3. The molecule has 0 bridgehead atoms. The number of fused-ring (bicyclic) bond motifs is 1. The van der Waals surface area contributed by atoms with Crippen molar-refractivity contribution in [2.75, 3.05) is 13.2 Å². The first-order chi connectivity index (χ1) is 11.3. The standard InChI is InChI=1S/C19H20N2O2/c22-11-10-16(14-6-2-1-3-7-14)13-20-19(23)18-12-15-8-4-5-9-17(15)21-18/h1-9,12,16,21-22H,10-11,13H2,(H,20,23). The first-order valence-electron chi connectivity index (χ1n) is 7.79. The van der Waals surface area contributed by atoms with Gasteiger partial charge >= 0.3 is 0 Å². The second kappa shape index (κ2) is 7.11. The van der Waals surface area contributed by atoms with Crippen LogP contribution in [0.1, 0.15) is 28.4 Å². The Morgan fingerprint density at radius 1 is 1.09 bits per heavy atom. The number of aromatic nitrogens is 1. The van der Waals surface area contributed by atoms with Crippen LogP contribution in [0.25, 0.3) is 10.9 Å². The van der Waals surface area contributed by atoms with Crippen LogP contribution in [0.3, 0.4) is 0 Å². The molecule has 0 spiro atoms. The number of carbonyl (C=O) groups is 1. The van der Waals surface area contributed by atoms with Crippen LogP contribution in [0, 0.1) is 0 Å². The van der Waals surface area contributed by atoms with Gasteiger partial charge in [0.15, 0.2) is 0 Å². The lowest BCUT2D eigenvalue weighted by Gasteiger charge is -2.16. The average molecular weight is 308 g/mol. The Morgan fingerprint density at radius 2 is 1.83 bits per heavy atom. The molecule has 1 unspecified atom stereocenters. The number of para-hydroxylation sites is 1. The lowest BCUT2D eigenvalue weighted by molar-refractivity contribution is 0.0945. The molecule has 4 nitrogen and oxygen atoms in total. The summed E-state index contributed by atoms with van der Waals surface area (Å²) < 4.78 is 0. The van der Waals surface area contributed by atoms with Gasteiger partial charge in [0.05, 0.1) is 0 Å². The third-order valence-electron chi connectivity index (χ3n) is 4.03. The number of aliphatic hydroxyl groups excluding tert-OH is 1. The van der Waals surface area contributed by atoms with Crippen LogP contribution in [0.2, 0.25) is 0 Å². The SMILES string of the molecule is O=C(NCC(CCO)c1ccccc1)c1cc2ccccc2[nH]1. The van der Waals surface area contributed by atoms with Crippen molar-refractivity contribution < 1.29 is 9.90 Å². The van der Waals surface area contributed by atoms with Gasteiger partial charge in [-0.3, -0.25) is 4.79 Å². The van der Waals surface area contributed by atoms with Gasteiger partial charge in [0.25, 0.3) is 5.91 Å². The van der Waals surface area contributed by atoms with Crippen molar-refractivity contribution in [3.8, 4) is 0 Å². The summed E-state index contributed by atoms with van der Waals surface area (Å²) in [6.07, 6.45) is 0.622. The second-order valence-electron chi connectivity index (χ2n) is 5.60. The fraction of sp³-hybridized carbons (Fsp3) is 0.211. The van der Waals surface area contributed by atoms with Crippen molar-refractivity contribution in [3.63, 3.8) is 0 Å². The highest BCUT2D eigenvalue weighted by atomic mass is 16.3. The molecule has 1 heterocycles. The van der Waals surface area contributed by atoms with Gasteiger partial charge in [-0.05, 0) is 24.1 Å². The van der Waals surface area contributed by atoms with Crippen molar-refractivity contribution in [2.24, 2.45) is 0 Å². The molecule has 0 saturated carbocycles. The van der Waals surface area contributed by atoms with E-state index in [0.29, 0.717) is 18.7 Å². The third-order valence-corrected chi connectivity index (χ3v) is 4.03. The molecule has 3 N–H and O–H groups in total. The predicted molar refractivity (Wildman–Crippen MR) is 91.5 cm³/mol. The number of nitrogens with one attached hydrogen (secondary N) is 2. The number of hydrogen-bond donors (Lipinski definition) is 3. The van der Waals surface area contributed by atoms with Gasteiger partial charge in [-0.15, -0.1) is 0 Å². The van der Waals surface area contributed by atoms with Crippen molar-refractivity contribution in [1.29, 1.82) is 0 Å². The maximum atomic E-state index is 12.3. The van der Waals surface area contributed by atoms with E-state index in [9.17, 15) is 9.90 Å². The number of benzene rings is 2. The van der Waals surface area contributed by atoms with Crippen LogP contribution in [0.15, 0.2) is 60.7 Å². The molecule has 23 heavy (non-hydrogen) atoms. The van der Waals surface area contributed by atoms with Crippen LogP contribution >= 0.6 is 0 Å². The highest BCUT2D eigenvalue weighted by Crippen LogP contribution is 2.19. The Balaban J connectivity index is 1.69. The molecule has 2 aromatic carbocycles. The van der Waals surface area contributed by atoms with Crippen molar-refractivity contribution in [2.45, 2.75) is 12.3 Å². The third kappa shape index (κ3) is 3.60. The van der Waals surface area contributed by atoms with E-state index in [0.717, 1.165) is 16.5 Å². The lowest BCUT2D eigenvalue weighted by Crippen LogP contribution is -2.29. The van der Waals surface area contributed by atoms with Gasteiger partial charge < -0.3 is 15.4 Å². The Morgan fingerprint density at radius 3 is 2.57 bits per heavy atom. The van der Waals surface area contributed by atoms with E-state index in [4.69, 9.17) is 0 Å². The minimum atomic E-state index is -0.125. The molecule has 118 valence electrons. The number of aromatic amines is 1. The second-order valence-corrected chi connectivity index (χ2v) is 5.60. The number of amides is 1. The summed E-state index contributed by atoms with van der Waals surface area (Å²) in [6, 6.07) is 19.6. The Hall–Kier alpha value is -2.59. The maximum absolute atomic E-state index is 12.3. The highest BCUT2D eigenvalue weighted by Gasteiger charge is 2.14. The van der Waals surface area contributed by atoms with Crippen LogP contribution in [0.4, 0.5) is 0 Å². The summed E-state index contributed by atoms with van der Waals surface area (Å²) in [5.74, 6) is -0.0189. The van der Waals surface area contributed by atoms with Crippen LogP contribution in [-0.2, 0) is 0 Å². The smallest absolute Gasteiger partial charge is 0.267 e. The van der Waals surface area contributed by atoms with Gasteiger partial charge in [0.2, 0.25) is 0 Å². The van der Waals surface area contributed by atoms with Gasteiger partial charge in [0.1, 0.15) is 5.69 Å². The van der Waals surface area contributed by atoms with E-state index in [-0.39, 0.29) is 18.4 Å². The van der Waals surface area contributed by atoms with E-state index < -0.39 is 0 Å². The molecule has 0 aliphatic carbocycles. The zero-order valence-corrected chi connectivity index (χ0v) is 12.8. The molecule has 4 heteroatoms. The van der Waals surface area contributed by atoms with Crippen LogP contribution < -0.4 is 5.32 Å². The van der Waals surface area contributed by atoms with Crippen molar-refractivity contribution >= 4 is 16.8 Å². The van der Waals surface area contributed by atoms with Crippen molar-refractivity contribution in [1.82, 2.24) is 10.3 Å². The van der Waals surface area contributed by atoms with E-state index in [1.165, 1.54) is 0 Å².